The van der Waals surface area contributed by atoms with Crippen LogP contribution in [0.1, 0.15) is 12.7 Å². The Labute approximate surface area is 71.1 Å². The number of imidazole rings is 1. The number of hydrogen-bond acceptors (Lipinski definition) is 2. The molecule has 3 heteroatoms. The molecule has 12 heavy (non-hydrogen) atoms. The zero-order valence-electron chi connectivity index (χ0n) is 7.20. The molecule has 0 aliphatic heterocycles. The molecule has 2 heterocycles. The van der Waals surface area contributed by atoms with Gasteiger partial charge in [0, 0.05) is 6.54 Å². The molecule has 0 amide bonds. The summed E-state index contributed by atoms with van der Waals surface area (Å²) >= 11 is 0. The van der Waals surface area contributed by atoms with Gasteiger partial charge in [-0.25, -0.2) is 9.97 Å². The van der Waals surface area contributed by atoms with Crippen LogP contribution in [0.5, 0.6) is 0 Å². The number of hydrogen-bond donors (Lipinski definition) is 0. The molecule has 0 spiro atoms. The lowest BCUT2D eigenvalue weighted by atomic mass is 10.4. The van der Waals surface area contributed by atoms with Gasteiger partial charge in [0.1, 0.15) is 11.3 Å². The summed E-state index contributed by atoms with van der Waals surface area (Å²) in [6.07, 6.45) is 2.81. The third-order valence-electron chi connectivity index (χ3n) is 1.96. The first-order valence-electron chi connectivity index (χ1n) is 4.03. The summed E-state index contributed by atoms with van der Waals surface area (Å²) in [4.78, 5) is 8.51. The second kappa shape index (κ2) is 2.59. The van der Waals surface area contributed by atoms with Gasteiger partial charge >= 0.3 is 0 Å². The Morgan fingerprint density at radius 3 is 3.17 bits per heavy atom. The Hall–Kier alpha value is -1.38. The number of fused-ring (bicyclic) bond motifs is 1. The van der Waals surface area contributed by atoms with E-state index in [9.17, 15) is 0 Å². The maximum Gasteiger partial charge on any atom is 0.160 e. The number of aryl methyl sites for hydroxylation is 2. The maximum absolute atomic E-state index is 4.36. The van der Waals surface area contributed by atoms with E-state index in [-0.39, 0.29) is 0 Å². The number of rotatable bonds is 1. The molecule has 2 aromatic rings. The van der Waals surface area contributed by atoms with E-state index in [0.29, 0.717) is 0 Å². The van der Waals surface area contributed by atoms with Crippen LogP contribution in [-0.4, -0.2) is 14.5 Å². The van der Waals surface area contributed by atoms with Crippen LogP contribution in [0.2, 0.25) is 0 Å². The zero-order chi connectivity index (χ0) is 8.55. The molecule has 0 aromatic carbocycles. The van der Waals surface area contributed by atoms with Crippen molar-refractivity contribution in [3.8, 4) is 0 Å². The van der Waals surface area contributed by atoms with Crippen molar-refractivity contribution >= 4 is 11.2 Å². The van der Waals surface area contributed by atoms with Crippen LogP contribution in [0.15, 0.2) is 12.1 Å². The molecule has 0 N–H and O–H groups in total. The molecule has 2 rings (SSSR count). The summed E-state index contributed by atoms with van der Waals surface area (Å²) in [5.41, 5.74) is 1.88. The van der Waals surface area contributed by atoms with Crippen LogP contribution in [0.4, 0.5) is 0 Å². The highest BCUT2D eigenvalue weighted by Gasteiger charge is 2.04. The SMILES string of the molecule is CCn1c(C)nc2cc[c]nc21. The first kappa shape index (κ1) is 7.28. The monoisotopic (exact) mass is 160 g/mol. The van der Waals surface area contributed by atoms with Gasteiger partial charge in [0.05, 0.1) is 6.20 Å². The predicted molar refractivity (Wildman–Crippen MR) is 46.8 cm³/mol. The molecule has 61 valence electrons. The standard InChI is InChI=1S/C9H10N3/c1-3-12-7(2)11-8-5-4-6-10-9(8)12/h4-5H,3H2,1-2H3. The Bertz CT molecular complexity index is 403. The van der Waals surface area contributed by atoms with E-state index in [4.69, 9.17) is 0 Å². The largest absolute Gasteiger partial charge is 0.313 e. The number of nitrogens with zero attached hydrogens (tertiary/aromatic N) is 3. The summed E-state index contributed by atoms with van der Waals surface area (Å²) in [5.74, 6) is 1.01. The molecule has 0 saturated carbocycles. The van der Waals surface area contributed by atoms with Crippen molar-refractivity contribution < 1.29 is 0 Å². The van der Waals surface area contributed by atoms with Crippen molar-refractivity contribution in [2.24, 2.45) is 0 Å². The van der Waals surface area contributed by atoms with E-state index in [1.807, 2.05) is 13.0 Å². The summed E-state index contributed by atoms with van der Waals surface area (Å²) in [6, 6.07) is 3.72. The van der Waals surface area contributed by atoms with Crippen molar-refractivity contribution in [2.45, 2.75) is 20.4 Å². The molecule has 0 aliphatic rings. The van der Waals surface area contributed by atoms with Crippen LogP contribution in [0.25, 0.3) is 11.2 Å². The highest BCUT2D eigenvalue weighted by molar-refractivity contribution is 5.70. The molecule has 0 fully saturated rings. The van der Waals surface area contributed by atoms with E-state index in [0.717, 1.165) is 23.5 Å². The van der Waals surface area contributed by atoms with Crippen molar-refractivity contribution in [3.63, 3.8) is 0 Å². The van der Waals surface area contributed by atoms with Crippen molar-refractivity contribution in [2.75, 3.05) is 0 Å². The van der Waals surface area contributed by atoms with Crippen LogP contribution in [-0.2, 0) is 6.54 Å². The van der Waals surface area contributed by atoms with Crippen LogP contribution >= 0.6 is 0 Å². The molecule has 3 nitrogen and oxygen atoms in total. The van der Waals surface area contributed by atoms with Gasteiger partial charge in [-0.1, -0.05) is 0 Å². The normalized spacial score (nSPS) is 10.8. The lowest BCUT2D eigenvalue weighted by molar-refractivity contribution is 0.745. The minimum atomic E-state index is 0.910. The van der Waals surface area contributed by atoms with Crippen LogP contribution < -0.4 is 0 Å². The number of aromatic nitrogens is 3. The topological polar surface area (TPSA) is 30.7 Å². The fourth-order valence-corrected chi connectivity index (χ4v) is 1.40. The first-order chi connectivity index (χ1) is 5.83. The van der Waals surface area contributed by atoms with Crippen molar-refractivity contribution in [1.82, 2.24) is 14.5 Å². The minimum Gasteiger partial charge on any atom is -0.313 e. The minimum absolute atomic E-state index is 0.910. The Morgan fingerprint density at radius 2 is 2.42 bits per heavy atom. The van der Waals surface area contributed by atoms with Crippen LogP contribution in [0, 0.1) is 13.1 Å². The smallest absolute Gasteiger partial charge is 0.160 e. The Morgan fingerprint density at radius 1 is 1.58 bits per heavy atom. The van der Waals surface area contributed by atoms with Gasteiger partial charge in [-0.05, 0) is 26.0 Å². The van der Waals surface area contributed by atoms with Gasteiger partial charge in [0.15, 0.2) is 5.65 Å². The molecule has 1 radical (unpaired) electrons. The third kappa shape index (κ3) is 0.897. The summed E-state index contributed by atoms with van der Waals surface area (Å²) in [6.45, 7) is 4.99. The second-order valence-corrected chi connectivity index (χ2v) is 2.69. The first-order valence-corrected chi connectivity index (χ1v) is 4.03. The highest BCUT2D eigenvalue weighted by atomic mass is 15.1. The van der Waals surface area contributed by atoms with Crippen molar-refractivity contribution in [1.29, 1.82) is 0 Å². The van der Waals surface area contributed by atoms with E-state index >= 15 is 0 Å². The van der Waals surface area contributed by atoms with Gasteiger partial charge in [-0.15, -0.1) is 0 Å². The molecule has 0 saturated heterocycles. The molecule has 0 unspecified atom stereocenters. The quantitative estimate of drug-likeness (QED) is 0.633. The zero-order valence-corrected chi connectivity index (χ0v) is 7.20. The summed E-state index contributed by atoms with van der Waals surface area (Å²) < 4.78 is 2.08. The molecular weight excluding hydrogens is 150 g/mol. The summed E-state index contributed by atoms with van der Waals surface area (Å²) in [7, 11) is 0. The van der Waals surface area contributed by atoms with Gasteiger partial charge in [0.2, 0.25) is 0 Å². The Kier molecular flexibility index (Phi) is 1.57. The predicted octanol–water partition coefficient (Wildman–Crippen LogP) is 1.56. The molecule has 0 bridgehead atoms. The third-order valence-corrected chi connectivity index (χ3v) is 1.96. The summed E-state index contributed by atoms with van der Waals surface area (Å²) in [5, 5.41) is 0. The highest BCUT2D eigenvalue weighted by Crippen LogP contribution is 2.11. The van der Waals surface area contributed by atoms with E-state index in [1.165, 1.54) is 0 Å². The van der Waals surface area contributed by atoms with Gasteiger partial charge in [-0.3, -0.25) is 0 Å². The second-order valence-electron chi connectivity index (χ2n) is 2.69. The van der Waals surface area contributed by atoms with E-state index < -0.39 is 0 Å². The van der Waals surface area contributed by atoms with Gasteiger partial charge in [0.25, 0.3) is 0 Å². The molecule has 0 atom stereocenters. The lowest BCUT2D eigenvalue weighted by Gasteiger charge is -1.98. The van der Waals surface area contributed by atoms with E-state index in [2.05, 4.69) is 27.7 Å². The van der Waals surface area contributed by atoms with Gasteiger partial charge < -0.3 is 4.57 Å². The van der Waals surface area contributed by atoms with Gasteiger partial charge in [-0.2, -0.15) is 0 Å². The lowest BCUT2D eigenvalue weighted by Crippen LogP contribution is -1.97. The maximum atomic E-state index is 4.36. The van der Waals surface area contributed by atoms with Crippen LogP contribution in [0.3, 0.4) is 0 Å². The Balaban J connectivity index is 2.81. The molecular formula is C9H10N3. The van der Waals surface area contributed by atoms with Crippen molar-refractivity contribution in [3.05, 3.63) is 24.2 Å². The average molecular weight is 160 g/mol. The average Bonchev–Trinajstić information content (AvgIpc) is 2.40. The molecule has 2 aromatic heterocycles. The van der Waals surface area contributed by atoms with E-state index in [1.54, 1.807) is 6.07 Å². The fraction of sp³-hybridized carbons (Fsp3) is 0.333. The fourth-order valence-electron chi connectivity index (χ4n) is 1.40. The molecule has 0 aliphatic carbocycles. The number of pyridine rings is 1.